The monoisotopic (exact) mass is 116 g/mol. The Hall–Kier alpha value is -0.520. The van der Waals surface area contributed by atoms with Gasteiger partial charge < -0.3 is 10.2 Å². The van der Waals surface area contributed by atoms with Gasteiger partial charge in [-0.3, -0.25) is 0 Å². The Balaban J connectivity index is 0. The van der Waals surface area contributed by atoms with E-state index in [1.165, 1.54) is 0 Å². The molecule has 2 N–H and O–H groups in total. The van der Waals surface area contributed by atoms with Crippen molar-refractivity contribution in [2.24, 2.45) is 0 Å². The van der Waals surface area contributed by atoms with Crippen LogP contribution in [0.1, 0.15) is 13.3 Å². The fraction of sp³-hybridized carbons (Fsp3) is 0.667. The predicted molar refractivity (Wildman–Crippen MR) is 33.3 cm³/mol. The minimum atomic E-state index is -0.125. The van der Waals surface area contributed by atoms with Crippen LogP contribution in [0, 0.1) is 12.3 Å². The van der Waals surface area contributed by atoms with Crippen LogP contribution in [0.5, 0.6) is 0 Å². The van der Waals surface area contributed by atoms with Gasteiger partial charge >= 0.3 is 0 Å². The van der Waals surface area contributed by atoms with Crippen LogP contribution in [0.4, 0.5) is 0 Å². The fourth-order valence-corrected chi connectivity index (χ4v) is 0. The summed E-state index contributed by atoms with van der Waals surface area (Å²) in [5, 5.41) is 15.2. The second-order valence-corrected chi connectivity index (χ2v) is 1.00. The maximum Gasteiger partial charge on any atom is 0.0662 e. The number of terminal acetylenes is 1. The summed E-state index contributed by atoms with van der Waals surface area (Å²) in [6, 6.07) is 0. The van der Waals surface area contributed by atoms with Crippen molar-refractivity contribution in [2.75, 3.05) is 13.2 Å². The van der Waals surface area contributed by atoms with Gasteiger partial charge in [0.15, 0.2) is 0 Å². The molecule has 0 bridgehead atoms. The summed E-state index contributed by atoms with van der Waals surface area (Å²) < 4.78 is 0. The number of rotatable bonds is 1. The standard InChI is InChI=1S/C4H6.C2H6O2/c1-3-4-2;3-1-2-4/h1H,4H2,2H3;3-4H,1-2H2. The quantitative estimate of drug-likeness (QED) is 0.473. The molecule has 0 aliphatic heterocycles. The van der Waals surface area contributed by atoms with Gasteiger partial charge in [-0.25, -0.2) is 0 Å². The molecule has 0 amide bonds. The van der Waals surface area contributed by atoms with E-state index in [2.05, 4.69) is 5.92 Å². The number of hydrogen-bond donors (Lipinski definition) is 2. The Bertz CT molecular complexity index is 52.0. The van der Waals surface area contributed by atoms with Crippen LogP contribution in [-0.4, -0.2) is 23.4 Å². The Morgan fingerprint density at radius 1 is 1.38 bits per heavy atom. The summed E-state index contributed by atoms with van der Waals surface area (Å²) in [6.07, 6.45) is 5.62. The van der Waals surface area contributed by atoms with Gasteiger partial charge in [-0.15, -0.1) is 12.3 Å². The summed E-state index contributed by atoms with van der Waals surface area (Å²) in [5.74, 6) is 2.43. The molecule has 0 unspecified atom stereocenters. The second kappa shape index (κ2) is 16.1. The summed E-state index contributed by atoms with van der Waals surface area (Å²) in [5.41, 5.74) is 0. The molecule has 0 aromatic rings. The summed E-state index contributed by atoms with van der Waals surface area (Å²) in [6.45, 7) is 1.69. The molecule has 0 aromatic carbocycles. The molecule has 48 valence electrons. The minimum Gasteiger partial charge on any atom is -0.394 e. The van der Waals surface area contributed by atoms with E-state index in [1.807, 2.05) is 6.92 Å². The zero-order valence-electron chi connectivity index (χ0n) is 5.09. The molecule has 0 aliphatic rings. The van der Waals surface area contributed by atoms with Crippen molar-refractivity contribution in [1.29, 1.82) is 0 Å². The van der Waals surface area contributed by atoms with Crippen LogP contribution in [0.15, 0.2) is 0 Å². The van der Waals surface area contributed by atoms with Crippen LogP contribution in [0.25, 0.3) is 0 Å². The first-order valence-electron chi connectivity index (χ1n) is 2.48. The molecule has 0 radical (unpaired) electrons. The highest BCUT2D eigenvalue weighted by Gasteiger charge is 1.58. The summed E-state index contributed by atoms with van der Waals surface area (Å²) in [4.78, 5) is 0. The zero-order chi connectivity index (χ0) is 6.83. The van der Waals surface area contributed by atoms with E-state index in [1.54, 1.807) is 0 Å². The van der Waals surface area contributed by atoms with Crippen molar-refractivity contribution in [1.82, 2.24) is 0 Å². The molecule has 0 saturated heterocycles. The molecule has 0 spiro atoms. The van der Waals surface area contributed by atoms with E-state index in [0.29, 0.717) is 0 Å². The van der Waals surface area contributed by atoms with Crippen molar-refractivity contribution in [3.63, 3.8) is 0 Å². The molecule has 0 heterocycles. The van der Waals surface area contributed by atoms with E-state index in [4.69, 9.17) is 16.6 Å². The topological polar surface area (TPSA) is 40.5 Å². The third-order valence-corrected chi connectivity index (χ3v) is 0.304. The van der Waals surface area contributed by atoms with Gasteiger partial charge in [0.25, 0.3) is 0 Å². The maximum atomic E-state index is 7.62. The van der Waals surface area contributed by atoms with Crippen LogP contribution in [0.2, 0.25) is 0 Å². The van der Waals surface area contributed by atoms with Gasteiger partial charge in [-0.05, 0) is 0 Å². The van der Waals surface area contributed by atoms with Crippen LogP contribution in [-0.2, 0) is 0 Å². The van der Waals surface area contributed by atoms with Crippen LogP contribution < -0.4 is 0 Å². The van der Waals surface area contributed by atoms with E-state index < -0.39 is 0 Å². The first-order valence-corrected chi connectivity index (χ1v) is 2.48. The molecule has 8 heavy (non-hydrogen) atoms. The van der Waals surface area contributed by atoms with Gasteiger partial charge in [-0.2, -0.15) is 0 Å². The molecule has 0 aliphatic carbocycles. The average molecular weight is 116 g/mol. The number of hydrogen-bond acceptors (Lipinski definition) is 2. The van der Waals surface area contributed by atoms with Crippen molar-refractivity contribution in [3.05, 3.63) is 0 Å². The number of aliphatic hydroxyl groups is 2. The molecule has 0 saturated carbocycles. The van der Waals surface area contributed by atoms with E-state index in [0.717, 1.165) is 6.42 Å². The van der Waals surface area contributed by atoms with Gasteiger partial charge in [0.2, 0.25) is 0 Å². The molecule has 0 aromatic heterocycles. The first-order chi connectivity index (χ1) is 3.83. The lowest BCUT2D eigenvalue weighted by Gasteiger charge is -1.70. The smallest absolute Gasteiger partial charge is 0.0662 e. The van der Waals surface area contributed by atoms with Crippen molar-refractivity contribution in [2.45, 2.75) is 13.3 Å². The fourth-order valence-electron chi connectivity index (χ4n) is 0. The van der Waals surface area contributed by atoms with Gasteiger partial charge in [0.1, 0.15) is 0 Å². The number of aliphatic hydroxyl groups excluding tert-OH is 2. The van der Waals surface area contributed by atoms with E-state index in [-0.39, 0.29) is 13.2 Å². The molecule has 0 rings (SSSR count). The molecule has 2 heteroatoms. The van der Waals surface area contributed by atoms with Gasteiger partial charge in [0.05, 0.1) is 13.2 Å². The van der Waals surface area contributed by atoms with Crippen LogP contribution in [0.3, 0.4) is 0 Å². The van der Waals surface area contributed by atoms with E-state index in [9.17, 15) is 0 Å². The lowest BCUT2D eigenvalue weighted by Crippen LogP contribution is -1.85. The van der Waals surface area contributed by atoms with Gasteiger partial charge in [0, 0.05) is 6.42 Å². The Labute approximate surface area is 50.2 Å². The SMILES string of the molecule is C#CCC.OCCO. The first kappa shape index (κ1) is 10.5. The lowest BCUT2D eigenvalue weighted by atomic mass is 10.5. The molecule has 2 nitrogen and oxygen atoms in total. The van der Waals surface area contributed by atoms with Crippen molar-refractivity contribution in [3.8, 4) is 12.3 Å². The van der Waals surface area contributed by atoms with Gasteiger partial charge in [-0.1, -0.05) is 6.92 Å². The van der Waals surface area contributed by atoms with Crippen LogP contribution >= 0.6 is 0 Å². The second-order valence-electron chi connectivity index (χ2n) is 1.00. The molecule has 0 atom stereocenters. The molecular weight excluding hydrogens is 104 g/mol. The highest BCUT2D eigenvalue weighted by atomic mass is 16.3. The molecule has 0 fully saturated rings. The summed E-state index contributed by atoms with van der Waals surface area (Å²) in [7, 11) is 0. The molecular formula is C6H12O2. The Kier molecular flexibility index (Phi) is 21.0. The highest BCUT2D eigenvalue weighted by molar-refractivity contribution is 4.80. The normalized spacial score (nSPS) is 6.25. The Morgan fingerprint density at radius 3 is 1.62 bits per heavy atom. The third-order valence-electron chi connectivity index (χ3n) is 0.304. The highest BCUT2D eigenvalue weighted by Crippen LogP contribution is 1.58. The lowest BCUT2D eigenvalue weighted by molar-refractivity contribution is 0.186. The summed E-state index contributed by atoms with van der Waals surface area (Å²) >= 11 is 0. The van der Waals surface area contributed by atoms with Crippen molar-refractivity contribution < 1.29 is 10.2 Å². The zero-order valence-corrected chi connectivity index (χ0v) is 5.09. The van der Waals surface area contributed by atoms with Crippen molar-refractivity contribution >= 4 is 0 Å². The van der Waals surface area contributed by atoms with E-state index >= 15 is 0 Å². The maximum absolute atomic E-state index is 7.62. The largest absolute Gasteiger partial charge is 0.394 e. The Morgan fingerprint density at radius 2 is 1.62 bits per heavy atom. The predicted octanol–water partition coefficient (Wildman–Crippen LogP) is 0.000600. The third kappa shape index (κ3) is 50.2. The average Bonchev–Trinajstić information content (AvgIpc) is 1.88. The minimum absolute atomic E-state index is 0.125.